The fraction of sp³-hybridized carbons (Fsp3) is 1.00. The number of nitrogens with zero attached hydrogens (tertiary/aromatic N) is 1. The normalized spacial score (nSPS) is 19.6. The predicted octanol–water partition coefficient (Wildman–Crippen LogP) is 2.17. The van der Waals surface area contributed by atoms with Crippen molar-refractivity contribution < 1.29 is 18.3 Å². The van der Waals surface area contributed by atoms with E-state index in [2.05, 4.69) is 0 Å². The molecule has 15 heavy (non-hydrogen) atoms. The second-order valence-electron chi connectivity index (χ2n) is 4.14. The van der Waals surface area contributed by atoms with E-state index in [9.17, 15) is 13.2 Å². The molecule has 0 spiro atoms. The first kappa shape index (κ1) is 12.8. The Bertz CT molecular complexity index is 192. The van der Waals surface area contributed by atoms with E-state index in [0.29, 0.717) is 6.54 Å². The Morgan fingerprint density at radius 3 is 2.40 bits per heavy atom. The molecule has 0 bridgehead atoms. The maximum absolute atomic E-state index is 12.1. The van der Waals surface area contributed by atoms with Crippen LogP contribution in [0.3, 0.4) is 0 Å². The molecule has 0 aromatic carbocycles. The van der Waals surface area contributed by atoms with Gasteiger partial charge in [0.15, 0.2) is 6.10 Å². The summed E-state index contributed by atoms with van der Waals surface area (Å²) >= 11 is 0. The van der Waals surface area contributed by atoms with Crippen molar-refractivity contribution in [3.05, 3.63) is 0 Å². The molecular weight excluding hydrogens is 207 g/mol. The lowest BCUT2D eigenvalue weighted by Gasteiger charge is -2.25. The number of unbranched alkanes of at least 4 members (excludes halogenated alkanes) is 1. The van der Waals surface area contributed by atoms with Gasteiger partial charge < -0.3 is 5.11 Å². The van der Waals surface area contributed by atoms with E-state index in [1.54, 1.807) is 4.90 Å². The number of halogens is 3. The Hall–Kier alpha value is -0.290. The van der Waals surface area contributed by atoms with Gasteiger partial charge in [-0.2, -0.15) is 13.2 Å². The lowest BCUT2D eigenvalue weighted by Crippen LogP contribution is -2.42. The number of alkyl halides is 3. The molecule has 0 amide bonds. The highest BCUT2D eigenvalue weighted by molar-refractivity contribution is 4.86. The third-order valence-electron chi connectivity index (χ3n) is 2.65. The number of rotatable bonds is 6. The van der Waals surface area contributed by atoms with Crippen LogP contribution in [-0.2, 0) is 0 Å². The summed E-state index contributed by atoms with van der Waals surface area (Å²) < 4.78 is 36.4. The molecule has 1 aliphatic rings. The van der Waals surface area contributed by atoms with E-state index >= 15 is 0 Å². The molecule has 0 aromatic rings. The van der Waals surface area contributed by atoms with Gasteiger partial charge in [0.25, 0.3) is 0 Å². The summed E-state index contributed by atoms with van der Waals surface area (Å²) in [6.07, 6.45) is -2.90. The Labute approximate surface area is 88.1 Å². The SMILES string of the molecule is CCCCN(CC(O)C(F)(F)F)C1CC1. The first-order chi connectivity index (χ1) is 6.95. The number of aliphatic hydroxyl groups is 1. The molecule has 0 aliphatic heterocycles. The van der Waals surface area contributed by atoms with Crippen LogP contribution in [0.2, 0.25) is 0 Å². The summed E-state index contributed by atoms with van der Waals surface area (Å²) in [6.45, 7) is 2.40. The van der Waals surface area contributed by atoms with Crippen LogP contribution in [0, 0.1) is 0 Å². The van der Waals surface area contributed by atoms with Crippen molar-refractivity contribution in [2.45, 2.75) is 50.9 Å². The largest absolute Gasteiger partial charge is 0.415 e. The molecular formula is C10H18F3NO. The van der Waals surface area contributed by atoms with Crippen molar-refractivity contribution in [2.24, 2.45) is 0 Å². The molecule has 0 radical (unpaired) electrons. The Balaban J connectivity index is 2.36. The zero-order chi connectivity index (χ0) is 11.5. The van der Waals surface area contributed by atoms with Gasteiger partial charge in [-0.05, 0) is 25.8 Å². The topological polar surface area (TPSA) is 23.5 Å². The molecule has 2 nitrogen and oxygen atoms in total. The predicted molar refractivity (Wildman–Crippen MR) is 51.6 cm³/mol. The lowest BCUT2D eigenvalue weighted by atomic mass is 10.2. The maximum atomic E-state index is 12.1. The molecule has 1 unspecified atom stereocenters. The summed E-state index contributed by atoms with van der Waals surface area (Å²) in [4.78, 5) is 1.77. The van der Waals surface area contributed by atoms with Crippen molar-refractivity contribution in [3.8, 4) is 0 Å². The third-order valence-corrected chi connectivity index (χ3v) is 2.65. The first-order valence-corrected chi connectivity index (χ1v) is 5.44. The fourth-order valence-corrected chi connectivity index (χ4v) is 1.55. The van der Waals surface area contributed by atoms with Gasteiger partial charge in [0, 0.05) is 12.6 Å². The van der Waals surface area contributed by atoms with Gasteiger partial charge in [-0.3, -0.25) is 4.90 Å². The van der Waals surface area contributed by atoms with E-state index in [4.69, 9.17) is 5.11 Å². The smallest absolute Gasteiger partial charge is 0.382 e. The zero-order valence-electron chi connectivity index (χ0n) is 8.93. The Kier molecular flexibility index (Phi) is 4.40. The van der Waals surface area contributed by atoms with Gasteiger partial charge in [0.2, 0.25) is 0 Å². The highest BCUT2D eigenvalue weighted by Gasteiger charge is 2.41. The van der Waals surface area contributed by atoms with Gasteiger partial charge in [-0.1, -0.05) is 13.3 Å². The van der Waals surface area contributed by atoms with Crippen LogP contribution in [0.25, 0.3) is 0 Å². The lowest BCUT2D eigenvalue weighted by molar-refractivity contribution is -0.208. The monoisotopic (exact) mass is 225 g/mol. The number of hydrogen-bond acceptors (Lipinski definition) is 2. The zero-order valence-corrected chi connectivity index (χ0v) is 8.93. The van der Waals surface area contributed by atoms with Crippen molar-refractivity contribution in [2.75, 3.05) is 13.1 Å². The van der Waals surface area contributed by atoms with E-state index in [0.717, 1.165) is 25.7 Å². The standard InChI is InChI=1S/C10H18F3NO/c1-2-3-6-14(8-4-5-8)7-9(15)10(11,12)13/h8-9,15H,2-7H2,1H3. The van der Waals surface area contributed by atoms with Crippen LogP contribution in [0.1, 0.15) is 32.6 Å². The number of aliphatic hydroxyl groups excluding tert-OH is 1. The summed E-state index contributed by atoms with van der Waals surface area (Å²) in [7, 11) is 0. The van der Waals surface area contributed by atoms with Gasteiger partial charge in [-0.25, -0.2) is 0 Å². The fourth-order valence-electron chi connectivity index (χ4n) is 1.55. The van der Waals surface area contributed by atoms with Crippen LogP contribution < -0.4 is 0 Å². The summed E-state index contributed by atoms with van der Waals surface area (Å²) in [5, 5.41) is 8.97. The van der Waals surface area contributed by atoms with Crippen molar-refractivity contribution in [3.63, 3.8) is 0 Å². The second-order valence-corrected chi connectivity index (χ2v) is 4.14. The molecule has 0 aromatic heterocycles. The first-order valence-electron chi connectivity index (χ1n) is 5.44. The molecule has 5 heteroatoms. The van der Waals surface area contributed by atoms with Crippen molar-refractivity contribution in [1.82, 2.24) is 4.90 Å². The average Bonchev–Trinajstić information content (AvgIpc) is 2.93. The summed E-state index contributed by atoms with van der Waals surface area (Å²) in [5.74, 6) is 0. The third kappa shape index (κ3) is 4.38. The highest BCUT2D eigenvalue weighted by Crippen LogP contribution is 2.29. The van der Waals surface area contributed by atoms with E-state index in [1.807, 2.05) is 6.92 Å². The molecule has 1 atom stereocenters. The summed E-state index contributed by atoms with van der Waals surface area (Å²) in [6, 6.07) is 0.272. The minimum atomic E-state index is -4.49. The minimum Gasteiger partial charge on any atom is -0.382 e. The van der Waals surface area contributed by atoms with Gasteiger partial charge in [0.05, 0.1) is 0 Å². The number of hydrogen-bond donors (Lipinski definition) is 1. The van der Waals surface area contributed by atoms with Gasteiger partial charge in [0.1, 0.15) is 0 Å². The van der Waals surface area contributed by atoms with Gasteiger partial charge in [-0.15, -0.1) is 0 Å². The molecule has 1 N–H and O–H groups in total. The minimum absolute atomic E-state index is 0.270. The van der Waals surface area contributed by atoms with E-state index in [-0.39, 0.29) is 12.6 Å². The summed E-state index contributed by atoms with van der Waals surface area (Å²) in [5.41, 5.74) is 0. The van der Waals surface area contributed by atoms with Crippen LogP contribution in [0.5, 0.6) is 0 Å². The van der Waals surface area contributed by atoms with Crippen LogP contribution in [-0.4, -0.2) is 41.4 Å². The molecule has 1 rings (SSSR count). The van der Waals surface area contributed by atoms with E-state index < -0.39 is 12.3 Å². The average molecular weight is 225 g/mol. The molecule has 1 fully saturated rings. The van der Waals surface area contributed by atoms with Crippen LogP contribution in [0.4, 0.5) is 13.2 Å². The van der Waals surface area contributed by atoms with E-state index in [1.165, 1.54) is 0 Å². The molecule has 0 saturated heterocycles. The Morgan fingerprint density at radius 2 is 2.00 bits per heavy atom. The quantitative estimate of drug-likeness (QED) is 0.749. The van der Waals surface area contributed by atoms with Gasteiger partial charge >= 0.3 is 6.18 Å². The van der Waals surface area contributed by atoms with Crippen molar-refractivity contribution in [1.29, 1.82) is 0 Å². The molecule has 1 saturated carbocycles. The van der Waals surface area contributed by atoms with Crippen LogP contribution in [0.15, 0.2) is 0 Å². The molecule has 1 aliphatic carbocycles. The van der Waals surface area contributed by atoms with Crippen molar-refractivity contribution >= 4 is 0 Å². The van der Waals surface area contributed by atoms with Crippen LogP contribution >= 0.6 is 0 Å². The second kappa shape index (κ2) is 5.16. The highest BCUT2D eigenvalue weighted by atomic mass is 19.4. The Morgan fingerprint density at radius 1 is 1.40 bits per heavy atom. The molecule has 0 heterocycles. The molecule has 90 valence electrons. The maximum Gasteiger partial charge on any atom is 0.415 e.